The van der Waals surface area contributed by atoms with Crippen molar-refractivity contribution in [3.8, 4) is 0 Å². The number of nitro benzene ring substituents is 2. The second-order valence-electron chi connectivity index (χ2n) is 5.12. The van der Waals surface area contributed by atoms with E-state index in [1.54, 1.807) is 0 Å². The fraction of sp³-hybridized carbons (Fsp3) is 0.571. The molecule has 0 aliphatic carbocycles. The molecule has 134 valence electrons. The van der Waals surface area contributed by atoms with Crippen molar-refractivity contribution in [1.29, 1.82) is 0 Å². The number of aliphatic hydroxyl groups is 2. The van der Waals surface area contributed by atoms with Crippen LogP contribution in [0.15, 0.2) is 12.1 Å². The molecule has 1 aromatic rings. The van der Waals surface area contributed by atoms with Gasteiger partial charge in [-0.25, -0.2) is 0 Å². The summed E-state index contributed by atoms with van der Waals surface area (Å²) in [6.07, 6.45) is 2.34. The van der Waals surface area contributed by atoms with Gasteiger partial charge in [-0.1, -0.05) is 0 Å². The standard InChI is InChI=1S/C14H22N4O6/c19-7-3-1-5-15-11-9-12(16-6-2-4-8-20)14(18(23)24)10-13(11)17(21)22/h9-10,15-16,19-20H,1-8H2. The minimum absolute atomic E-state index is 0.0295. The lowest BCUT2D eigenvalue weighted by molar-refractivity contribution is -0.393. The Balaban J connectivity index is 3.01. The summed E-state index contributed by atoms with van der Waals surface area (Å²) in [5.74, 6) is 0. The second-order valence-corrected chi connectivity index (χ2v) is 5.12. The lowest BCUT2D eigenvalue weighted by atomic mass is 10.2. The van der Waals surface area contributed by atoms with Gasteiger partial charge in [0, 0.05) is 26.3 Å². The van der Waals surface area contributed by atoms with Crippen LogP contribution in [0.2, 0.25) is 0 Å². The molecule has 24 heavy (non-hydrogen) atoms. The van der Waals surface area contributed by atoms with Gasteiger partial charge >= 0.3 is 0 Å². The molecule has 0 amide bonds. The number of benzene rings is 1. The first-order valence-corrected chi connectivity index (χ1v) is 7.67. The molecule has 10 nitrogen and oxygen atoms in total. The van der Waals surface area contributed by atoms with E-state index in [1.165, 1.54) is 6.07 Å². The van der Waals surface area contributed by atoms with Gasteiger partial charge < -0.3 is 20.8 Å². The van der Waals surface area contributed by atoms with Gasteiger partial charge in [-0.05, 0) is 31.7 Å². The average Bonchev–Trinajstić information content (AvgIpc) is 2.55. The molecule has 0 fully saturated rings. The van der Waals surface area contributed by atoms with Gasteiger partial charge in [-0.3, -0.25) is 20.2 Å². The average molecular weight is 342 g/mol. The third-order valence-electron chi connectivity index (χ3n) is 3.31. The zero-order valence-electron chi connectivity index (χ0n) is 13.2. The number of nitro groups is 2. The van der Waals surface area contributed by atoms with Crippen LogP contribution >= 0.6 is 0 Å². The van der Waals surface area contributed by atoms with Crippen LogP contribution in [0.4, 0.5) is 22.7 Å². The lowest BCUT2D eigenvalue weighted by Gasteiger charge is -2.11. The second kappa shape index (κ2) is 10.3. The minimum atomic E-state index is -0.670. The third-order valence-corrected chi connectivity index (χ3v) is 3.31. The first-order valence-electron chi connectivity index (χ1n) is 7.67. The van der Waals surface area contributed by atoms with Gasteiger partial charge in [-0.2, -0.15) is 0 Å². The van der Waals surface area contributed by atoms with Crippen molar-refractivity contribution < 1.29 is 20.1 Å². The summed E-state index contributed by atoms with van der Waals surface area (Å²) < 4.78 is 0. The lowest BCUT2D eigenvalue weighted by Crippen LogP contribution is -2.09. The molecule has 0 unspecified atom stereocenters. The molecule has 0 aliphatic heterocycles. The highest BCUT2D eigenvalue weighted by Gasteiger charge is 2.24. The number of anilines is 2. The minimum Gasteiger partial charge on any atom is -0.396 e. The van der Waals surface area contributed by atoms with Crippen LogP contribution in [0.3, 0.4) is 0 Å². The summed E-state index contributed by atoms with van der Waals surface area (Å²) in [5.41, 5.74) is -0.361. The van der Waals surface area contributed by atoms with Crippen molar-refractivity contribution in [2.24, 2.45) is 0 Å². The Bertz CT molecular complexity index is 521. The van der Waals surface area contributed by atoms with Crippen molar-refractivity contribution in [3.05, 3.63) is 32.4 Å². The molecule has 10 heteroatoms. The van der Waals surface area contributed by atoms with Crippen LogP contribution in [0.25, 0.3) is 0 Å². The predicted octanol–water partition coefficient (Wildman–Crippen LogP) is 1.87. The molecule has 1 rings (SSSR count). The monoisotopic (exact) mass is 342 g/mol. The van der Waals surface area contributed by atoms with Crippen LogP contribution in [0.1, 0.15) is 25.7 Å². The zero-order valence-corrected chi connectivity index (χ0v) is 13.2. The van der Waals surface area contributed by atoms with E-state index >= 15 is 0 Å². The molecule has 0 aromatic heterocycles. The Hall–Kier alpha value is -2.46. The number of rotatable bonds is 12. The van der Waals surface area contributed by atoms with Crippen molar-refractivity contribution in [1.82, 2.24) is 0 Å². The Morgan fingerprint density at radius 1 is 0.792 bits per heavy atom. The first-order chi connectivity index (χ1) is 11.5. The molecule has 0 heterocycles. The zero-order chi connectivity index (χ0) is 17.9. The number of nitrogens with one attached hydrogen (secondary N) is 2. The van der Waals surface area contributed by atoms with E-state index in [2.05, 4.69) is 10.6 Å². The molecular formula is C14H22N4O6. The molecule has 4 N–H and O–H groups in total. The quantitative estimate of drug-likeness (QED) is 0.255. The van der Waals surface area contributed by atoms with Gasteiger partial charge in [0.2, 0.25) is 0 Å². The predicted molar refractivity (Wildman–Crippen MR) is 89.4 cm³/mol. The number of unbranched alkanes of at least 4 members (excludes halogenated alkanes) is 2. The molecule has 0 aliphatic rings. The van der Waals surface area contributed by atoms with Crippen molar-refractivity contribution in [2.75, 3.05) is 36.9 Å². The van der Waals surface area contributed by atoms with Crippen molar-refractivity contribution in [2.45, 2.75) is 25.7 Å². The molecule has 1 aromatic carbocycles. The number of hydrogen-bond donors (Lipinski definition) is 4. The van der Waals surface area contributed by atoms with Gasteiger partial charge in [0.1, 0.15) is 11.4 Å². The van der Waals surface area contributed by atoms with E-state index in [1.807, 2.05) is 0 Å². The number of hydrogen-bond acceptors (Lipinski definition) is 8. The maximum atomic E-state index is 11.2. The highest BCUT2D eigenvalue weighted by molar-refractivity contribution is 5.76. The first kappa shape index (κ1) is 19.6. The van der Waals surface area contributed by atoms with E-state index in [0.717, 1.165) is 6.07 Å². The summed E-state index contributed by atoms with van der Waals surface area (Å²) in [6.45, 7) is 0.871. The van der Waals surface area contributed by atoms with Gasteiger partial charge in [0.05, 0.1) is 15.9 Å². The van der Waals surface area contributed by atoms with E-state index in [4.69, 9.17) is 10.2 Å². The SMILES string of the molecule is O=[N+]([O-])c1cc([N+](=O)[O-])c(NCCCCO)cc1NCCCCO. The van der Waals surface area contributed by atoms with E-state index in [9.17, 15) is 20.2 Å². The van der Waals surface area contributed by atoms with Gasteiger partial charge in [-0.15, -0.1) is 0 Å². The largest absolute Gasteiger partial charge is 0.396 e. The van der Waals surface area contributed by atoms with Crippen LogP contribution in [0, 0.1) is 20.2 Å². The summed E-state index contributed by atoms with van der Waals surface area (Å²) >= 11 is 0. The fourth-order valence-electron chi connectivity index (χ4n) is 2.08. The molecule has 0 radical (unpaired) electrons. The normalized spacial score (nSPS) is 10.4. The Labute approximate surface area is 138 Å². The number of nitrogens with zero attached hydrogens (tertiary/aromatic N) is 2. The summed E-state index contributed by atoms with van der Waals surface area (Å²) in [7, 11) is 0. The highest BCUT2D eigenvalue weighted by Crippen LogP contribution is 2.36. The van der Waals surface area contributed by atoms with Crippen LogP contribution in [-0.2, 0) is 0 Å². The van der Waals surface area contributed by atoms with Gasteiger partial charge in [0.25, 0.3) is 11.4 Å². The van der Waals surface area contributed by atoms with E-state index in [0.29, 0.717) is 38.8 Å². The summed E-state index contributed by atoms with van der Waals surface area (Å²) in [6, 6.07) is 2.29. The molecule has 0 saturated heterocycles. The molecule has 0 saturated carbocycles. The summed E-state index contributed by atoms with van der Waals surface area (Å²) in [5, 5.41) is 45.6. The molecular weight excluding hydrogens is 320 g/mol. The molecule has 0 spiro atoms. The van der Waals surface area contributed by atoms with Crippen molar-refractivity contribution in [3.63, 3.8) is 0 Å². The third kappa shape index (κ3) is 5.97. The summed E-state index contributed by atoms with van der Waals surface area (Å²) in [4.78, 5) is 21.0. The van der Waals surface area contributed by atoms with Crippen LogP contribution < -0.4 is 10.6 Å². The maximum absolute atomic E-state index is 11.2. The van der Waals surface area contributed by atoms with Crippen molar-refractivity contribution >= 4 is 22.7 Å². The number of aliphatic hydroxyl groups excluding tert-OH is 2. The van der Waals surface area contributed by atoms with Crippen LogP contribution in [-0.4, -0.2) is 46.4 Å². The topological polar surface area (TPSA) is 151 Å². The molecule has 0 bridgehead atoms. The van der Waals surface area contributed by atoms with E-state index in [-0.39, 0.29) is 36.0 Å². The molecule has 0 atom stereocenters. The Morgan fingerprint density at radius 2 is 1.21 bits per heavy atom. The van der Waals surface area contributed by atoms with Gasteiger partial charge in [0.15, 0.2) is 0 Å². The fourth-order valence-corrected chi connectivity index (χ4v) is 2.08. The highest BCUT2D eigenvalue weighted by atomic mass is 16.6. The maximum Gasteiger partial charge on any atom is 0.299 e. The van der Waals surface area contributed by atoms with E-state index < -0.39 is 9.85 Å². The smallest absolute Gasteiger partial charge is 0.299 e. The Kier molecular flexibility index (Phi) is 8.44. The Morgan fingerprint density at radius 3 is 1.54 bits per heavy atom. The van der Waals surface area contributed by atoms with Crippen LogP contribution in [0.5, 0.6) is 0 Å².